The summed E-state index contributed by atoms with van der Waals surface area (Å²) in [7, 11) is 0. The summed E-state index contributed by atoms with van der Waals surface area (Å²) in [6.07, 6.45) is 7.74. The molecular weight excluding hydrogens is 256 g/mol. The molecule has 1 saturated heterocycles. The van der Waals surface area contributed by atoms with Crippen LogP contribution in [0.4, 0.5) is 0 Å². The van der Waals surface area contributed by atoms with Gasteiger partial charge in [0.15, 0.2) is 11.5 Å². The summed E-state index contributed by atoms with van der Waals surface area (Å²) in [6.45, 7) is 0. The molecule has 1 heteroatoms. The number of epoxide rings is 1. The van der Waals surface area contributed by atoms with Crippen LogP contribution in [0.3, 0.4) is 0 Å². The van der Waals surface area contributed by atoms with Crippen molar-refractivity contribution in [2.45, 2.75) is 6.42 Å². The minimum Gasteiger partial charge on any atom is -0.449 e. The zero-order chi connectivity index (χ0) is 13.6. The zero-order valence-corrected chi connectivity index (χ0v) is 11.4. The molecule has 0 saturated carbocycles. The third-order valence-electron chi connectivity index (χ3n) is 5.11. The van der Waals surface area contributed by atoms with E-state index in [4.69, 9.17) is 4.74 Å². The molecule has 21 heavy (non-hydrogen) atoms. The Morgan fingerprint density at radius 1 is 1.00 bits per heavy atom. The second-order valence-corrected chi connectivity index (χ2v) is 6.16. The summed E-state index contributed by atoms with van der Waals surface area (Å²) in [4.78, 5) is 0. The minimum atomic E-state index is 0.451. The molecular formula is C20H12O. The molecule has 1 aliphatic heterocycles. The average Bonchev–Trinajstić information content (AvgIpc) is 3.26. The quantitative estimate of drug-likeness (QED) is 0.640. The van der Waals surface area contributed by atoms with Gasteiger partial charge in [-0.1, -0.05) is 60.2 Å². The van der Waals surface area contributed by atoms with Gasteiger partial charge in [0.05, 0.1) is 0 Å². The van der Waals surface area contributed by atoms with E-state index in [-0.39, 0.29) is 0 Å². The van der Waals surface area contributed by atoms with Crippen LogP contribution in [0.15, 0.2) is 77.3 Å². The van der Waals surface area contributed by atoms with E-state index in [1.54, 1.807) is 0 Å². The van der Waals surface area contributed by atoms with Gasteiger partial charge in [-0.2, -0.15) is 0 Å². The second kappa shape index (κ2) is 3.20. The molecule has 0 amide bonds. The van der Waals surface area contributed by atoms with Gasteiger partial charge in [-0.25, -0.2) is 0 Å². The van der Waals surface area contributed by atoms with Crippen molar-refractivity contribution in [3.63, 3.8) is 0 Å². The molecule has 2 aromatic carbocycles. The van der Waals surface area contributed by atoms with Gasteiger partial charge in [0.2, 0.25) is 0 Å². The predicted octanol–water partition coefficient (Wildman–Crippen LogP) is 4.52. The minimum absolute atomic E-state index is 0.451. The van der Waals surface area contributed by atoms with Crippen LogP contribution in [-0.4, -0.2) is 0 Å². The SMILES string of the molecule is C1=CC2=C3OC3=C3c4c(ccc5ccccc45)CC(=C1)C23. The first kappa shape index (κ1) is 10.2. The standard InChI is InChI=1S/C20H12O/c1-2-6-14-11(4-1)8-9-13-10-12-5-3-7-15-17(12)18(16(13)14)20-19(15)21-20/h1-9,17H,10H2. The molecule has 3 aliphatic carbocycles. The topological polar surface area (TPSA) is 12.5 Å². The number of allylic oxidation sites excluding steroid dienone is 6. The van der Waals surface area contributed by atoms with Gasteiger partial charge in [0.1, 0.15) is 0 Å². The largest absolute Gasteiger partial charge is 0.449 e. The molecule has 6 rings (SSSR count). The molecule has 1 nitrogen and oxygen atoms in total. The lowest BCUT2D eigenvalue weighted by atomic mass is 9.72. The van der Waals surface area contributed by atoms with Crippen molar-refractivity contribution in [1.82, 2.24) is 0 Å². The molecule has 0 N–H and O–H groups in total. The molecule has 1 unspecified atom stereocenters. The smallest absolute Gasteiger partial charge is 0.175 e. The lowest BCUT2D eigenvalue weighted by Crippen LogP contribution is -2.18. The number of benzene rings is 2. The highest BCUT2D eigenvalue weighted by Gasteiger charge is 2.49. The van der Waals surface area contributed by atoms with Gasteiger partial charge in [-0.15, -0.1) is 0 Å². The van der Waals surface area contributed by atoms with Gasteiger partial charge >= 0.3 is 0 Å². The highest BCUT2D eigenvalue weighted by molar-refractivity contribution is 6.01. The first-order chi connectivity index (χ1) is 10.4. The Labute approximate surface area is 122 Å². The van der Waals surface area contributed by atoms with Crippen LogP contribution in [0.25, 0.3) is 16.3 Å². The van der Waals surface area contributed by atoms with Crippen molar-refractivity contribution in [3.05, 3.63) is 88.4 Å². The Bertz CT molecular complexity index is 982. The van der Waals surface area contributed by atoms with E-state index >= 15 is 0 Å². The molecule has 0 aromatic heterocycles. The van der Waals surface area contributed by atoms with Crippen molar-refractivity contribution in [1.29, 1.82) is 0 Å². The number of hydrogen-bond donors (Lipinski definition) is 0. The Kier molecular flexibility index (Phi) is 1.56. The van der Waals surface area contributed by atoms with Crippen LogP contribution in [0.1, 0.15) is 11.1 Å². The molecule has 1 atom stereocenters. The van der Waals surface area contributed by atoms with E-state index in [1.807, 2.05) is 0 Å². The van der Waals surface area contributed by atoms with E-state index < -0.39 is 0 Å². The lowest BCUT2D eigenvalue weighted by Gasteiger charge is -2.31. The Morgan fingerprint density at radius 2 is 1.95 bits per heavy atom. The van der Waals surface area contributed by atoms with Gasteiger partial charge in [0, 0.05) is 17.1 Å². The van der Waals surface area contributed by atoms with Crippen molar-refractivity contribution < 1.29 is 4.74 Å². The second-order valence-electron chi connectivity index (χ2n) is 6.16. The van der Waals surface area contributed by atoms with Crippen LogP contribution in [0, 0.1) is 5.92 Å². The van der Waals surface area contributed by atoms with Gasteiger partial charge in [-0.05, 0) is 28.3 Å². The fourth-order valence-electron chi connectivity index (χ4n) is 4.21. The summed E-state index contributed by atoms with van der Waals surface area (Å²) in [5.41, 5.74) is 7.15. The normalized spacial score (nSPS) is 23.6. The van der Waals surface area contributed by atoms with E-state index in [2.05, 4.69) is 54.6 Å². The van der Waals surface area contributed by atoms with Gasteiger partial charge in [-0.3, -0.25) is 0 Å². The van der Waals surface area contributed by atoms with E-state index in [9.17, 15) is 0 Å². The molecule has 2 aromatic rings. The van der Waals surface area contributed by atoms with Crippen molar-refractivity contribution in [2.24, 2.45) is 5.92 Å². The lowest BCUT2D eigenvalue weighted by molar-refractivity contribution is 0.536. The number of rotatable bonds is 0. The number of hydrogen-bond acceptors (Lipinski definition) is 1. The van der Waals surface area contributed by atoms with Crippen LogP contribution in [-0.2, 0) is 11.2 Å². The maximum Gasteiger partial charge on any atom is 0.175 e. The van der Waals surface area contributed by atoms with Crippen LogP contribution >= 0.6 is 0 Å². The molecule has 0 bridgehead atoms. The molecule has 0 spiro atoms. The summed E-state index contributed by atoms with van der Waals surface area (Å²) < 4.78 is 5.79. The van der Waals surface area contributed by atoms with Crippen molar-refractivity contribution in [2.75, 3.05) is 0 Å². The zero-order valence-electron chi connectivity index (χ0n) is 11.4. The van der Waals surface area contributed by atoms with Gasteiger partial charge in [0.25, 0.3) is 0 Å². The van der Waals surface area contributed by atoms with E-state index in [0.717, 1.165) is 17.9 Å². The maximum atomic E-state index is 5.79. The molecule has 4 aliphatic rings. The average molecular weight is 268 g/mol. The Hall–Kier alpha value is -2.54. The summed E-state index contributed by atoms with van der Waals surface area (Å²) >= 11 is 0. The Morgan fingerprint density at radius 3 is 2.95 bits per heavy atom. The van der Waals surface area contributed by atoms with E-state index in [0.29, 0.717) is 5.92 Å². The molecule has 1 fully saturated rings. The Balaban J connectivity index is 1.77. The first-order valence-corrected chi connectivity index (χ1v) is 7.46. The fraction of sp³-hybridized carbons (Fsp3) is 0.100. The highest BCUT2D eigenvalue weighted by atomic mass is 16.6. The first-order valence-electron chi connectivity index (χ1n) is 7.46. The van der Waals surface area contributed by atoms with E-state index in [1.165, 1.54) is 38.6 Å². The number of ether oxygens (including phenoxy) is 1. The summed E-state index contributed by atoms with van der Waals surface area (Å²) in [5, 5.41) is 2.68. The third kappa shape index (κ3) is 1.10. The predicted molar refractivity (Wildman–Crippen MR) is 83.4 cm³/mol. The summed E-state index contributed by atoms with van der Waals surface area (Å²) in [5.74, 6) is 2.73. The van der Waals surface area contributed by atoms with Gasteiger partial charge < -0.3 is 4.74 Å². The fourth-order valence-corrected chi connectivity index (χ4v) is 4.21. The third-order valence-corrected chi connectivity index (χ3v) is 5.11. The summed E-state index contributed by atoms with van der Waals surface area (Å²) in [6, 6.07) is 13.2. The molecule has 1 heterocycles. The molecule has 0 radical (unpaired) electrons. The van der Waals surface area contributed by atoms with Crippen molar-refractivity contribution in [3.8, 4) is 0 Å². The van der Waals surface area contributed by atoms with Crippen LogP contribution < -0.4 is 0 Å². The highest BCUT2D eigenvalue weighted by Crippen LogP contribution is 2.60. The van der Waals surface area contributed by atoms with Crippen molar-refractivity contribution >= 4 is 16.3 Å². The number of fused-ring (bicyclic) bond motifs is 5. The van der Waals surface area contributed by atoms with Crippen LogP contribution in [0.2, 0.25) is 0 Å². The monoisotopic (exact) mass is 268 g/mol. The maximum absolute atomic E-state index is 5.79. The molecule has 98 valence electrons. The van der Waals surface area contributed by atoms with Crippen LogP contribution in [0.5, 0.6) is 0 Å².